The SMILES string of the molecule is CS(=O)(=O)OCCOCCOCCOCCOCCOCCOCCOCCOS(C)(=O)=O. The Labute approximate surface area is 197 Å². The van der Waals surface area contributed by atoms with Gasteiger partial charge in [-0.25, -0.2) is 0 Å². The van der Waals surface area contributed by atoms with Crippen LogP contribution in [-0.4, -0.2) is 135 Å². The van der Waals surface area contributed by atoms with Crippen LogP contribution in [0, 0.1) is 0 Å². The molecule has 0 aromatic rings. The molecule has 0 aromatic heterocycles. The van der Waals surface area contributed by atoms with Crippen LogP contribution in [0.3, 0.4) is 0 Å². The maximum absolute atomic E-state index is 10.7. The first-order valence-electron chi connectivity index (χ1n) is 10.4. The summed E-state index contributed by atoms with van der Waals surface area (Å²) in [6.07, 6.45) is 1.97. The zero-order valence-corrected chi connectivity index (χ0v) is 21.1. The molecule has 0 aliphatic heterocycles. The standard InChI is InChI=1S/C18H38O13S2/c1-32(19,20)30-17-15-28-13-11-26-9-7-24-5-3-23-4-6-25-8-10-27-12-14-29-16-18-31-33(2,21)22/h3-18H2,1-2H3. The highest BCUT2D eigenvalue weighted by molar-refractivity contribution is 7.86. The second-order valence-electron chi connectivity index (χ2n) is 6.34. The third-order valence-corrected chi connectivity index (χ3v) is 4.47. The highest BCUT2D eigenvalue weighted by Crippen LogP contribution is 1.89. The third-order valence-electron chi connectivity index (χ3n) is 3.28. The number of ether oxygens (including phenoxy) is 7. The van der Waals surface area contributed by atoms with Crippen molar-refractivity contribution in [1.82, 2.24) is 0 Å². The minimum Gasteiger partial charge on any atom is -0.377 e. The lowest BCUT2D eigenvalue weighted by Crippen LogP contribution is -2.15. The molecule has 200 valence electrons. The van der Waals surface area contributed by atoms with Gasteiger partial charge >= 0.3 is 0 Å². The molecule has 0 aliphatic rings. The van der Waals surface area contributed by atoms with Crippen molar-refractivity contribution in [2.24, 2.45) is 0 Å². The van der Waals surface area contributed by atoms with Gasteiger partial charge < -0.3 is 33.2 Å². The third kappa shape index (κ3) is 31.5. The second-order valence-corrected chi connectivity index (χ2v) is 9.63. The lowest BCUT2D eigenvalue weighted by Gasteiger charge is -2.08. The maximum atomic E-state index is 10.7. The second kappa shape index (κ2) is 22.0. The lowest BCUT2D eigenvalue weighted by atomic mass is 10.6. The van der Waals surface area contributed by atoms with Gasteiger partial charge in [-0.2, -0.15) is 16.8 Å². The largest absolute Gasteiger partial charge is 0.377 e. The van der Waals surface area contributed by atoms with Crippen LogP contribution in [0.1, 0.15) is 0 Å². The molecule has 0 radical (unpaired) electrons. The van der Waals surface area contributed by atoms with Crippen molar-refractivity contribution in [2.75, 3.05) is 118 Å². The van der Waals surface area contributed by atoms with E-state index >= 15 is 0 Å². The molecule has 0 unspecified atom stereocenters. The number of hydrogen-bond donors (Lipinski definition) is 0. The first-order chi connectivity index (χ1) is 15.7. The van der Waals surface area contributed by atoms with Crippen LogP contribution in [-0.2, 0) is 61.8 Å². The molecule has 0 saturated heterocycles. The van der Waals surface area contributed by atoms with E-state index in [1.54, 1.807) is 0 Å². The van der Waals surface area contributed by atoms with E-state index in [-0.39, 0.29) is 26.4 Å². The Kier molecular flexibility index (Phi) is 21.7. The van der Waals surface area contributed by atoms with Crippen molar-refractivity contribution in [3.63, 3.8) is 0 Å². The van der Waals surface area contributed by atoms with Gasteiger partial charge in [0.2, 0.25) is 0 Å². The van der Waals surface area contributed by atoms with E-state index in [1.807, 2.05) is 0 Å². The van der Waals surface area contributed by atoms with Gasteiger partial charge in [0, 0.05) is 0 Å². The van der Waals surface area contributed by atoms with Crippen LogP contribution in [0.25, 0.3) is 0 Å². The first-order valence-corrected chi connectivity index (χ1v) is 14.1. The topological polar surface area (TPSA) is 151 Å². The summed E-state index contributed by atoms with van der Waals surface area (Å²) in [6, 6.07) is 0. The predicted molar refractivity (Wildman–Crippen MR) is 117 cm³/mol. The molecule has 0 heterocycles. The van der Waals surface area contributed by atoms with Crippen LogP contribution in [0.15, 0.2) is 0 Å². The molecule has 0 bridgehead atoms. The van der Waals surface area contributed by atoms with E-state index in [0.717, 1.165) is 12.5 Å². The predicted octanol–water partition coefficient (Wildman–Crippen LogP) is -0.945. The maximum Gasteiger partial charge on any atom is 0.264 e. The Morgan fingerprint density at radius 1 is 0.333 bits per heavy atom. The Morgan fingerprint density at radius 2 is 0.485 bits per heavy atom. The van der Waals surface area contributed by atoms with E-state index < -0.39 is 20.2 Å². The Balaban J connectivity index is 3.09. The van der Waals surface area contributed by atoms with Crippen molar-refractivity contribution in [3.05, 3.63) is 0 Å². The summed E-state index contributed by atoms with van der Waals surface area (Å²) in [7, 11) is -6.85. The molecule has 0 N–H and O–H groups in total. The summed E-state index contributed by atoms with van der Waals surface area (Å²) in [4.78, 5) is 0. The minimum atomic E-state index is -3.42. The average Bonchev–Trinajstić information content (AvgIpc) is 2.72. The summed E-state index contributed by atoms with van der Waals surface area (Å²) in [6.45, 7) is 5.30. The molecule has 0 atom stereocenters. The summed E-state index contributed by atoms with van der Waals surface area (Å²) in [5, 5.41) is 0. The van der Waals surface area contributed by atoms with Gasteiger partial charge in [-0.3, -0.25) is 8.37 Å². The smallest absolute Gasteiger partial charge is 0.264 e. The van der Waals surface area contributed by atoms with Gasteiger partial charge in [-0.05, 0) is 0 Å². The van der Waals surface area contributed by atoms with Gasteiger partial charge in [0.05, 0.1) is 118 Å². The van der Waals surface area contributed by atoms with Crippen molar-refractivity contribution >= 4 is 20.2 Å². The average molecular weight is 527 g/mol. The molecule has 0 spiro atoms. The highest BCUT2D eigenvalue weighted by atomic mass is 32.2. The molecule has 0 aromatic carbocycles. The fraction of sp³-hybridized carbons (Fsp3) is 1.00. The fourth-order valence-electron chi connectivity index (χ4n) is 1.91. The zero-order chi connectivity index (χ0) is 24.7. The van der Waals surface area contributed by atoms with Crippen molar-refractivity contribution in [2.45, 2.75) is 0 Å². The number of hydrogen-bond acceptors (Lipinski definition) is 13. The fourth-order valence-corrected chi connectivity index (χ4v) is 2.65. The van der Waals surface area contributed by atoms with Crippen LogP contribution in [0.4, 0.5) is 0 Å². The van der Waals surface area contributed by atoms with E-state index in [4.69, 9.17) is 33.2 Å². The quantitative estimate of drug-likeness (QED) is 0.101. The Hall–Kier alpha value is -0.460. The van der Waals surface area contributed by atoms with Gasteiger partial charge in [0.25, 0.3) is 20.2 Å². The van der Waals surface area contributed by atoms with Gasteiger partial charge in [0.1, 0.15) is 0 Å². The molecule has 0 rings (SSSR count). The Bertz CT molecular complexity index is 571. The molecular weight excluding hydrogens is 488 g/mol. The van der Waals surface area contributed by atoms with E-state index in [0.29, 0.717) is 79.3 Å². The molecule has 0 aliphatic carbocycles. The van der Waals surface area contributed by atoms with E-state index in [9.17, 15) is 16.8 Å². The zero-order valence-electron chi connectivity index (χ0n) is 19.4. The summed E-state index contributed by atoms with van der Waals surface area (Å²) in [5.74, 6) is 0. The molecular formula is C18H38O13S2. The normalized spacial score (nSPS) is 12.4. The van der Waals surface area contributed by atoms with Crippen molar-refractivity contribution < 1.29 is 58.4 Å². The first kappa shape index (κ1) is 32.5. The van der Waals surface area contributed by atoms with Crippen LogP contribution < -0.4 is 0 Å². The summed E-state index contributed by atoms with van der Waals surface area (Å²) < 4.78 is 88.9. The molecule has 0 fully saturated rings. The van der Waals surface area contributed by atoms with Crippen LogP contribution >= 0.6 is 0 Å². The molecule has 15 heteroatoms. The number of rotatable bonds is 26. The van der Waals surface area contributed by atoms with E-state index in [2.05, 4.69) is 8.37 Å². The lowest BCUT2D eigenvalue weighted by molar-refractivity contribution is -0.0217. The molecule has 33 heavy (non-hydrogen) atoms. The highest BCUT2D eigenvalue weighted by Gasteiger charge is 2.01. The Morgan fingerprint density at radius 3 is 0.636 bits per heavy atom. The molecule has 13 nitrogen and oxygen atoms in total. The van der Waals surface area contributed by atoms with Gasteiger partial charge in [-0.15, -0.1) is 0 Å². The molecule has 0 amide bonds. The minimum absolute atomic E-state index is 0.00944. The monoisotopic (exact) mass is 526 g/mol. The van der Waals surface area contributed by atoms with Gasteiger partial charge in [0.15, 0.2) is 0 Å². The van der Waals surface area contributed by atoms with Crippen LogP contribution in [0.2, 0.25) is 0 Å². The summed E-state index contributed by atoms with van der Waals surface area (Å²) >= 11 is 0. The van der Waals surface area contributed by atoms with E-state index in [1.165, 1.54) is 0 Å². The van der Waals surface area contributed by atoms with Crippen LogP contribution in [0.5, 0.6) is 0 Å². The van der Waals surface area contributed by atoms with Gasteiger partial charge in [-0.1, -0.05) is 0 Å². The molecule has 0 saturated carbocycles. The summed E-state index contributed by atoms with van der Waals surface area (Å²) in [5.41, 5.74) is 0. The van der Waals surface area contributed by atoms with Crippen molar-refractivity contribution in [1.29, 1.82) is 0 Å². The van der Waals surface area contributed by atoms with Crippen molar-refractivity contribution in [3.8, 4) is 0 Å².